The van der Waals surface area contributed by atoms with Gasteiger partial charge in [0.05, 0.1) is 6.54 Å². The number of carboxylic acids is 1. The van der Waals surface area contributed by atoms with Crippen molar-refractivity contribution in [2.75, 3.05) is 31.1 Å². The molecule has 0 amide bonds. The Hall–Kier alpha value is -3.64. The zero-order valence-corrected chi connectivity index (χ0v) is 19.5. The first kappa shape index (κ1) is 26.0. The molecule has 11 nitrogen and oxygen atoms in total. The third-order valence-electron chi connectivity index (χ3n) is 4.71. The molecule has 186 valence electrons. The number of imidazole rings is 1. The Labute approximate surface area is 201 Å². The predicted octanol–water partition coefficient (Wildman–Crippen LogP) is 1.14. The molecule has 3 aromatic rings. The van der Waals surface area contributed by atoms with Crippen molar-refractivity contribution in [1.82, 2.24) is 34.4 Å². The van der Waals surface area contributed by atoms with Gasteiger partial charge in [0.1, 0.15) is 0 Å². The van der Waals surface area contributed by atoms with Crippen molar-refractivity contribution < 1.29 is 23.1 Å². The maximum Gasteiger partial charge on any atom is 0.490 e. The predicted molar refractivity (Wildman–Crippen MR) is 121 cm³/mol. The number of aliphatic carboxylic acids is 1. The summed E-state index contributed by atoms with van der Waals surface area (Å²) in [6, 6.07) is 1.75. The van der Waals surface area contributed by atoms with Crippen LogP contribution in [0.15, 0.2) is 33.6 Å². The lowest BCUT2D eigenvalue weighted by atomic mass is 10.4. The molecule has 0 aliphatic carbocycles. The summed E-state index contributed by atoms with van der Waals surface area (Å²) in [4.78, 5) is 42.0. The van der Waals surface area contributed by atoms with Gasteiger partial charge in [0.2, 0.25) is 5.95 Å². The van der Waals surface area contributed by atoms with Gasteiger partial charge >= 0.3 is 12.1 Å². The maximum atomic E-state index is 13.1. The normalized spacial score (nSPS) is 13.6. The number of carbonyl (C=O) groups is 1. The molecule has 1 fully saturated rings. The first-order valence-electron chi connectivity index (χ1n) is 10.2. The topological polar surface area (TPSA) is 131 Å². The van der Waals surface area contributed by atoms with Gasteiger partial charge in [-0.3, -0.25) is 13.9 Å². The molecule has 0 atom stereocenters. The molecule has 3 aromatic heterocycles. The van der Waals surface area contributed by atoms with E-state index in [-0.39, 0.29) is 5.56 Å². The number of piperazine rings is 1. The van der Waals surface area contributed by atoms with Crippen molar-refractivity contribution in [3.8, 4) is 11.8 Å². The van der Waals surface area contributed by atoms with E-state index in [2.05, 4.69) is 37.0 Å². The van der Waals surface area contributed by atoms with Crippen LogP contribution in [0.4, 0.5) is 19.1 Å². The quantitative estimate of drug-likeness (QED) is 0.389. The minimum atomic E-state index is -5.08. The largest absolute Gasteiger partial charge is 0.490 e. The van der Waals surface area contributed by atoms with Gasteiger partial charge < -0.3 is 15.3 Å². The SMILES string of the molecule is CC#CCn1c(N2CCNCC2)nc2nc(Sc3ncccn3)n(C)c(=O)c21.O=C(O)C(F)(F)F. The maximum absolute atomic E-state index is 13.1. The number of nitrogens with one attached hydrogen (secondary N) is 1. The number of fused-ring (bicyclic) bond motifs is 1. The average Bonchev–Trinajstić information content (AvgIpc) is 3.20. The first-order chi connectivity index (χ1) is 16.6. The molecule has 0 aromatic carbocycles. The molecule has 1 saturated heterocycles. The highest BCUT2D eigenvalue weighted by Gasteiger charge is 2.38. The number of aromatic nitrogens is 6. The van der Waals surface area contributed by atoms with Gasteiger partial charge in [0.25, 0.3) is 5.56 Å². The summed E-state index contributed by atoms with van der Waals surface area (Å²) in [7, 11) is 1.70. The summed E-state index contributed by atoms with van der Waals surface area (Å²) < 4.78 is 35.1. The fourth-order valence-corrected chi connectivity index (χ4v) is 3.80. The summed E-state index contributed by atoms with van der Waals surface area (Å²) >= 11 is 1.24. The highest BCUT2D eigenvalue weighted by molar-refractivity contribution is 7.99. The van der Waals surface area contributed by atoms with Gasteiger partial charge in [-0.1, -0.05) is 5.92 Å². The van der Waals surface area contributed by atoms with Gasteiger partial charge in [-0.25, -0.2) is 19.7 Å². The molecule has 0 radical (unpaired) electrons. The zero-order valence-electron chi connectivity index (χ0n) is 18.7. The number of hydrogen-bond acceptors (Lipinski definition) is 9. The second-order valence-electron chi connectivity index (χ2n) is 7.03. The first-order valence-corrected chi connectivity index (χ1v) is 11.0. The number of halogens is 3. The molecular formula is C20H21F3N8O3S. The molecule has 1 aliphatic heterocycles. The molecule has 0 bridgehead atoms. The van der Waals surface area contributed by atoms with E-state index in [1.54, 1.807) is 32.4 Å². The van der Waals surface area contributed by atoms with E-state index in [4.69, 9.17) is 14.9 Å². The van der Waals surface area contributed by atoms with Crippen LogP contribution in [0, 0.1) is 11.8 Å². The number of alkyl halides is 3. The molecule has 0 unspecified atom stereocenters. The molecule has 4 rings (SSSR count). The van der Waals surface area contributed by atoms with E-state index in [1.807, 2.05) is 4.57 Å². The Balaban J connectivity index is 0.000000429. The Kier molecular flexibility index (Phi) is 8.30. The van der Waals surface area contributed by atoms with Crippen molar-refractivity contribution >= 4 is 34.8 Å². The van der Waals surface area contributed by atoms with Crippen LogP contribution in [-0.4, -0.2) is 72.5 Å². The molecule has 4 heterocycles. The fraction of sp³-hybridized carbons (Fsp3) is 0.400. The summed E-state index contributed by atoms with van der Waals surface area (Å²) in [5, 5.41) is 11.5. The summed E-state index contributed by atoms with van der Waals surface area (Å²) in [6.07, 6.45) is -1.76. The van der Waals surface area contributed by atoms with Crippen LogP contribution in [0.3, 0.4) is 0 Å². The Morgan fingerprint density at radius 3 is 2.43 bits per heavy atom. The fourth-order valence-electron chi connectivity index (χ4n) is 3.05. The van der Waals surface area contributed by atoms with Crippen LogP contribution in [0.5, 0.6) is 0 Å². The van der Waals surface area contributed by atoms with Crippen LogP contribution in [0.1, 0.15) is 6.92 Å². The second kappa shape index (κ2) is 11.2. The van der Waals surface area contributed by atoms with Gasteiger partial charge in [0, 0.05) is 45.6 Å². The molecule has 2 N–H and O–H groups in total. The van der Waals surface area contributed by atoms with Gasteiger partial charge in [-0.15, -0.1) is 5.92 Å². The highest BCUT2D eigenvalue weighted by Crippen LogP contribution is 2.25. The van der Waals surface area contributed by atoms with Crippen LogP contribution < -0.4 is 15.8 Å². The Morgan fingerprint density at radius 2 is 1.86 bits per heavy atom. The van der Waals surface area contributed by atoms with Crippen molar-refractivity contribution in [2.24, 2.45) is 7.05 Å². The minimum Gasteiger partial charge on any atom is -0.475 e. The summed E-state index contributed by atoms with van der Waals surface area (Å²) in [5.74, 6) is 3.93. The molecular weight excluding hydrogens is 489 g/mol. The number of nitrogens with zero attached hydrogens (tertiary/aromatic N) is 7. The van der Waals surface area contributed by atoms with E-state index in [0.29, 0.717) is 28.0 Å². The summed E-state index contributed by atoms with van der Waals surface area (Å²) in [6.45, 7) is 5.58. The lowest BCUT2D eigenvalue weighted by Gasteiger charge is -2.28. The van der Waals surface area contributed by atoms with Crippen molar-refractivity contribution in [3.05, 3.63) is 28.8 Å². The third-order valence-corrected chi connectivity index (χ3v) is 5.65. The zero-order chi connectivity index (χ0) is 25.6. The van der Waals surface area contributed by atoms with Crippen molar-refractivity contribution in [1.29, 1.82) is 0 Å². The molecule has 15 heteroatoms. The highest BCUT2D eigenvalue weighted by atomic mass is 32.2. The number of carboxylic acid groups (broad SMARTS) is 1. The third kappa shape index (κ3) is 6.28. The second-order valence-corrected chi connectivity index (χ2v) is 7.96. The molecule has 35 heavy (non-hydrogen) atoms. The van der Waals surface area contributed by atoms with E-state index < -0.39 is 12.1 Å². The monoisotopic (exact) mass is 510 g/mol. The average molecular weight is 511 g/mol. The molecule has 0 saturated carbocycles. The van der Waals surface area contributed by atoms with Crippen molar-refractivity contribution in [3.63, 3.8) is 0 Å². The van der Waals surface area contributed by atoms with E-state index >= 15 is 0 Å². The minimum absolute atomic E-state index is 0.157. The van der Waals surface area contributed by atoms with Crippen molar-refractivity contribution in [2.45, 2.75) is 30.0 Å². The Morgan fingerprint density at radius 1 is 1.23 bits per heavy atom. The smallest absolute Gasteiger partial charge is 0.475 e. The standard InChI is InChI=1S/C18H20N8OS.C2HF3O2/c1-3-4-10-26-13-14(22-17(26)25-11-8-19-9-12-25)23-18(24(2)15(13)27)28-16-20-6-5-7-21-16;3-2(4,5)1(6)7/h5-7,19H,8-12H2,1-2H3;(H,6,7). The van der Waals surface area contributed by atoms with Crippen LogP contribution in [0.25, 0.3) is 11.2 Å². The number of anilines is 1. The van der Waals surface area contributed by atoms with E-state index in [1.165, 1.54) is 16.3 Å². The van der Waals surface area contributed by atoms with Crippen LogP contribution in [0.2, 0.25) is 0 Å². The summed E-state index contributed by atoms with van der Waals surface area (Å²) in [5.41, 5.74) is 0.736. The van der Waals surface area contributed by atoms with Gasteiger partial charge in [0.15, 0.2) is 21.5 Å². The number of hydrogen-bond donors (Lipinski definition) is 2. The van der Waals surface area contributed by atoms with E-state index in [0.717, 1.165) is 32.1 Å². The van der Waals surface area contributed by atoms with E-state index in [9.17, 15) is 18.0 Å². The number of rotatable bonds is 4. The van der Waals surface area contributed by atoms with Crippen LogP contribution >= 0.6 is 11.8 Å². The Bertz CT molecular complexity index is 1310. The van der Waals surface area contributed by atoms with Crippen LogP contribution in [-0.2, 0) is 18.4 Å². The molecule has 0 spiro atoms. The lowest BCUT2D eigenvalue weighted by molar-refractivity contribution is -0.192. The lowest BCUT2D eigenvalue weighted by Crippen LogP contribution is -2.44. The van der Waals surface area contributed by atoms with Gasteiger partial charge in [-0.2, -0.15) is 18.2 Å². The molecule has 1 aliphatic rings. The van der Waals surface area contributed by atoms with Gasteiger partial charge in [-0.05, 0) is 24.8 Å².